The SMILES string of the molecule is CCOc1ccc(C(=O)NCCOc2ccc(F)cc2)nn1. The Kier molecular flexibility index (Phi) is 5.65. The van der Waals surface area contributed by atoms with Crippen LogP contribution in [0.25, 0.3) is 0 Å². The van der Waals surface area contributed by atoms with E-state index in [4.69, 9.17) is 9.47 Å². The molecule has 22 heavy (non-hydrogen) atoms. The van der Waals surface area contributed by atoms with Gasteiger partial charge >= 0.3 is 0 Å². The number of ether oxygens (including phenoxy) is 2. The molecule has 0 aliphatic heterocycles. The van der Waals surface area contributed by atoms with Crippen LogP contribution in [0.1, 0.15) is 17.4 Å². The van der Waals surface area contributed by atoms with E-state index in [1.807, 2.05) is 6.92 Å². The van der Waals surface area contributed by atoms with Gasteiger partial charge in [-0.2, -0.15) is 0 Å². The number of hydrogen-bond acceptors (Lipinski definition) is 5. The number of rotatable bonds is 7. The molecule has 2 aromatic rings. The van der Waals surface area contributed by atoms with Crippen molar-refractivity contribution in [1.29, 1.82) is 0 Å². The molecule has 2 rings (SSSR count). The maximum absolute atomic E-state index is 12.7. The van der Waals surface area contributed by atoms with Gasteiger partial charge in [0.05, 0.1) is 13.2 Å². The Bertz CT molecular complexity index is 602. The molecule has 0 radical (unpaired) electrons. The molecule has 0 saturated carbocycles. The van der Waals surface area contributed by atoms with Gasteiger partial charge in [-0.25, -0.2) is 4.39 Å². The third-order valence-corrected chi connectivity index (χ3v) is 2.63. The molecule has 6 nitrogen and oxygen atoms in total. The summed E-state index contributed by atoms with van der Waals surface area (Å²) >= 11 is 0. The van der Waals surface area contributed by atoms with Crippen LogP contribution in [0.3, 0.4) is 0 Å². The average molecular weight is 305 g/mol. The van der Waals surface area contributed by atoms with Crippen LogP contribution in [0.2, 0.25) is 0 Å². The number of nitrogens with zero attached hydrogens (tertiary/aromatic N) is 2. The number of halogens is 1. The topological polar surface area (TPSA) is 73.3 Å². The molecule has 0 aliphatic carbocycles. The molecule has 0 atom stereocenters. The van der Waals surface area contributed by atoms with Crippen LogP contribution in [0.15, 0.2) is 36.4 Å². The zero-order valence-corrected chi connectivity index (χ0v) is 12.1. The number of benzene rings is 1. The van der Waals surface area contributed by atoms with E-state index in [-0.39, 0.29) is 24.0 Å². The average Bonchev–Trinajstić information content (AvgIpc) is 2.54. The van der Waals surface area contributed by atoms with Gasteiger partial charge in [-0.05, 0) is 37.3 Å². The summed E-state index contributed by atoms with van der Waals surface area (Å²) in [7, 11) is 0. The predicted molar refractivity (Wildman–Crippen MR) is 77.4 cm³/mol. The number of hydrogen-bond donors (Lipinski definition) is 1. The molecule has 0 saturated heterocycles. The lowest BCUT2D eigenvalue weighted by molar-refractivity contribution is 0.0940. The van der Waals surface area contributed by atoms with Gasteiger partial charge in [-0.15, -0.1) is 10.2 Å². The third kappa shape index (κ3) is 4.69. The lowest BCUT2D eigenvalue weighted by Crippen LogP contribution is -2.29. The fraction of sp³-hybridized carbons (Fsp3) is 0.267. The molecule has 1 heterocycles. The molecular formula is C15H16FN3O3. The van der Waals surface area contributed by atoms with Crippen LogP contribution < -0.4 is 14.8 Å². The Balaban J connectivity index is 1.74. The van der Waals surface area contributed by atoms with E-state index < -0.39 is 0 Å². The van der Waals surface area contributed by atoms with Crippen molar-refractivity contribution < 1.29 is 18.7 Å². The number of amides is 1. The molecule has 0 aliphatic rings. The molecule has 1 N–H and O–H groups in total. The Morgan fingerprint density at radius 2 is 1.91 bits per heavy atom. The second-order valence-electron chi connectivity index (χ2n) is 4.25. The number of aromatic nitrogens is 2. The highest BCUT2D eigenvalue weighted by Gasteiger charge is 2.07. The summed E-state index contributed by atoms with van der Waals surface area (Å²) in [5, 5.41) is 10.2. The van der Waals surface area contributed by atoms with Crippen molar-refractivity contribution in [1.82, 2.24) is 15.5 Å². The van der Waals surface area contributed by atoms with E-state index in [1.54, 1.807) is 6.07 Å². The van der Waals surface area contributed by atoms with Gasteiger partial charge in [0.15, 0.2) is 5.69 Å². The van der Waals surface area contributed by atoms with Gasteiger partial charge in [0.1, 0.15) is 18.2 Å². The quantitative estimate of drug-likeness (QED) is 0.790. The minimum absolute atomic E-state index is 0.199. The molecule has 7 heteroatoms. The zero-order valence-electron chi connectivity index (χ0n) is 12.1. The highest BCUT2D eigenvalue weighted by molar-refractivity contribution is 5.92. The van der Waals surface area contributed by atoms with Gasteiger partial charge in [0, 0.05) is 6.07 Å². The van der Waals surface area contributed by atoms with Crippen LogP contribution in [0, 0.1) is 5.82 Å². The zero-order chi connectivity index (χ0) is 15.8. The van der Waals surface area contributed by atoms with E-state index in [0.717, 1.165) is 0 Å². The van der Waals surface area contributed by atoms with Crippen LogP contribution in [-0.4, -0.2) is 35.9 Å². The smallest absolute Gasteiger partial charge is 0.271 e. The monoisotopic (exact) mass is 305 g/mol. The molecular weight excluding hydrogens is 289 g/mol. The fourth-order valence-electron chi connectivity index (χ4n) is 1.62. The van der Waals surface area contributed by atoms with Crippen molar-refractivity contribution in [3.05, 3.63) is 47.9 Å². The first kappa shape index (κ1) is 15.7. The summed E-state index contributed by atoms with van der Waals surface area (Å²) in [6.07, 6.45) is 0. The van der Waals surface area contributed by atoms with Crippen LogP contribution in [0.5, 0.6) is 11.6 Å². The number of nitrogens with one attached hydrogen (secondary N) is 1. The van der Waals surface area contributed by atoms with Gasteiger partial charge < -0.3 is 14.8 Å². The maximum Gasteiger partial charge on any atom is 0.271 e. The molecule has 116 valence electrons. The van der Waals surface area contributed by atoms with E-state index in [0.29, 0.717) is 24.8 Å². The normalized spacial score (nSPS) is 10.1. The van der Waals surface area contributed by atoms with Crippen molar-refractivity contribution in [3.8, 4) is 11.6 Å². The Labute approximate surface area is 127 Å². The summed E-state index contributed by atoms with van der Waals surface area (Å²) in [4.78, 5) is 11.8. The van der Waals surface area contributed by atoms with Crippen LogP contribution >= 0.6 is 0 Å². The third-order valence-electron chi connectivity index (χ3n) is 2.63. The molecule has 0 spiro atoms. The molecule has 0 unspecified atom stereocenters. The van der Waals surface area contributed by atoms with Crippen molar-refractivity contribution in [3.63, 3.8) is 0 Å². The number of carbonyl (C=O) groups excluding carboxylic acids is 1. The van der Waals surface area contributed by atoms with Gasteiger partial charge in [0.2, 0.25) is 5.88 Å². The second-order valence-corrected chi connectivity index (χ2v) is 4.25. The summed E-state index contributed by atoms with van der Waals surface area (Å²) in [6.45, 7) is 2.89. The molecule has 0 fully saturated rings. The standard InChI is InChI=1S/C15H16FN3O3/c1-2-21-14-8-7-13(18-19-14)15(20)17-9-10-22-12-5-3-11(16)4-6-12/h3-8H,2,9-10H2,1H3,(H,17,20). The second kappa shape index (κ2) is 7.92. The van der Waals surface area contributed by atoms with E-state index >= 15 is 0 Å². The first-order chi connectivity index (χ1) is 10.7. The lowest BCUT2D eigenvalue weighted by Gasteiger charge is -2.07. The maximum atomic E-state index is 12.7. The number of carbonyl (C=O) groups is 1. The predicted octanol–water partition coefficient (Wildman–Crippen LogP) is 1.82. The van der Waals surface area contributed by atoms with Crippen molar-refractivity contribution in [2.75, 3.05) is 19.8 Å². The lowest BCUT2D eigenvalue weighted by atomic mass is 10.3. The van der Waals surface area contributed by atoms with Gasteiger partial charge in [-0.1, -0.05) is 0 Å². The van der Waals surface area contributed by atoms with Gasteiger partial charge in [-0.3, -0.25) is 4.79 Å². The van der Waals surface area contributed by atoms with E-state index in [2.05, 4.69) is 15.5 Å². The minimum Gasteiger partial charge on any atom is -0.492 e. The minimum atomic E-state index is -0.349. The molecule has 1 aromatic carbocycles. The first-order valence-corrected chi connectivity index (χ1v) is 6.82. The molecule has 0 bridgehead atoms. The van der Waals surface area contributed by atoms with Crippen molar-refractivity contribution >= 4 is 5.91 Å². The summed E-state index contributed by atoms with van der Waals surface area (Å²) in [6, 6.07) is 8.78. The van der Waals surface area contributed by atoms with Gasteiger partial charge in [0.25, 0.3) is 5.91 Å². The van der Waals surface area contributed by atoms with E-state index in [9.17, 15) is 9.18 Å². The van der Waals surface area contributed by atoms with Crippen LogP contribution in [0.4, 0.5) is 4.39 Å². The fourth-order valence-corrected chi connectivity index (χ4v) is 1.62. The van der Waals surface area contributed by atoms with Crippen LogP contribution in [-0.2, 0) is 0 Å². The Morgan fingerprint density at radius 3 is 2.55 bits per heavy atom. The largest absolute Gasteiger partial charge is 0.492 e. The summed E-state index contributed by atoms with van der Waals surface area (Å²) in [5.41, 5.74) is 0.199. The summed E-state index contributed by atoms with van der Waals surface area (Å²) < 4.78 is 23.2. The van der Waals surface area contributed by atoms with Crippen molar-refractivity contribution in [2.24, 2.45) is 0 Å². The van der Waals surface area contributed by atoms with E-state index in [1.165, 1.54) is 30.3 Å². The summed E-state index contributed by atoms with van der Waals surface area (Å²) in [5.74, 6) is 0.239. The first-order valence-electron chi connectivity index (χ1n) is 6.82. The molecule has 1 amide bonds. The molecule has 1 aromatic heterocycles. The van der Waals surface area contributed by atoms with Crippen molar-refractivity contribution in [2.45, 2.75) is 6.92 Å². The highest BCUT2D eigenvalue weighted by Crippen LogP contribution is 2.10. The highest BCUT2D eigenvalue weighted by atomic mass is 19.1. The Morgan fingerprint density at radius 1 is 1.14 bits per heavy atom. The Hall–Kier alpha value is -2.70.